The number of benzene rings is 1. The van der Waals surface area contributed by atoms with Crippen LogP contribution < -0.4 is 5.32 Å². The van der Waals surface area contributed by atoms with E-state index in [1.165, 1.54) is 32.1 Å². The topological polar surface area (TPSA) is 35.8 Å². The van der Waals surface area contributed by atoms with Gasteiger partial charge < -0.3 is 5.32 Å². The van der Waals surface area contributed by atoms with Crippen molar-refractivity contribution in [2.24, 2.45) is 0 Å². The molecule has 2 nitrogen and oxygen atoms in total. The lowest BCUT2D eigenvalue weighted by molar-refractivity contribution is 0.411. The molecular formula is C15H19ClN2S. The predicted octanol–water partition coefficient (Wildman–Crippen LogP) is 4.69. The lowest BCUT2D eigenvalue weighted by Crippen LogP contribution is -2.35. The average Bonchev–Trinajstić information content (AvgIpc) is 2.46. The number of nitrogens with zero attached hydrogens (tertiary/aromatic N) is 1. The summed E-state index contributed by atoms with van der Waals surface area (Å²) in [7, 11) is 0. The van der Waals surface area contributed by atoms with Crippen LogP contribution in [0.25, 0.3) is 0 Å². The van der Waals surface area contributed by atoms with Crippen LogP contribution in [-0.4, -0.2) is 17.5 Å². The van der Waals surface area contributed by atoms with Gasteiger partial charge in [-0.3, -0.25) is 0 Å². The molecule has 0 radical (unpaired) electrons. The number of hydrogen-bond acceptors (Lipinski definition) is 3. The van der Waals surface area contributed by atoms with Crippen LogP contribution >= 0.6 is 23.4 Å². The molecule has 0 unspecified atom stereocenters. The summed E-state index contributed by atoms with van der Waals surface area (Å²) in [6.07, 6.45) is 8.67. The first kappa shape index (κ1) is 14.6. The molecule has 19 heavy (non-hydrogen) atoms. The molecule has 0 aromatic heterocycles. The first-order valence-corrected chi connectivity index (χ1v) is 8.28. The summed E-state index contributed by atoms with van der Waals surface area (Å²) in [5.41, 5.74) is 1.52. The maximum absolute atomic E-state index is 9.13. The van der Waals surface area contributed by atoms with E-state index in [4.69, 9.17) is 16.9 Å². The van der Waals surface area contributed by atoms with Gasteiger partial charge >= 0.3 is 0 Å². The van der Waals surface area contributed by atoms with Crippen molar-refractivity contribution in [3.05, 3.63) is 28.8 Å². The normalized spacial score (nSPS) is 17.7. The number of rotatable bonds is 4. The highest BCUT2D eigenvalue weighted by molar-refractivity contribution is 8.00. The molecule has 0 aliphatic heterocycles. The second kappa shape index (κ2) is 6.54. The van der Waals surface area contributed by atoms with Crippen LogP contribution in [0.5, 0.6) is 0 Å². The van der Waals surface area contributed by atoms with E-state index >= 15 is 0 Å². The first-order chi connectivity index (χ1) is 9.19. The van der Waals surface area contributed by atoms with E-state index in [0.717, 1.165) is 12.2 Å². The van der Waals surface area contributed by atoms with Gasteiger partial charge in [0.1, 0.15) is 6.07 Å². The second-order valence-electron chi connectivity index (χ2n) is 5.10. The zero-order chi connectivity index (χ0) is 13.7. The summed E-state index contributed by atoms with van der Waals surface area (Å²) in [4.78, 5) is 0. The summed E-state index contributed by atoms with van der Waals surface area (Å²) in [5.74, 6) is 0. The van der Waals surface area contributed by atoms with Crippen LogP contribution in [0, 0.1) is 11.3 Å². The Bertz CT molecular complexity index is 476. The van der Waals surface area contributed by atoms with Crippen molar-refractivity contribution in [2.45, 2.75) is 36.9 Å². The molecule has 0 atom stereocenters. The third-order valence-corrected chi connectivity index (χ3v) is 5.55. The minimum absolute atomic E-state index is 0.313. The maximum atomic E-state index is 9.13. The highest BCUT2D eigenvalue weighted by Gasteiger charge is 2.30. The molecule has 0 spiro atoms. The summed E-state index contributed by atoms with van der Waals surface area (Å²) in [5, 5.41) is 13.2. The second-order valence-corrected chi connectivity index (χ2v) is 6.81. The van der Waals surface area contributed by atoms with E-state index in [2.05, 4.69) is 17.6 Å². The molecular weight excluding hydrogens is 276 g/mol. The quantitative estimate of drug-likeness (QED) is 0.875. The van der Waals surface area contributed by atoms with Crippen molar-refractivity contribution in [3.8, 4) is 6.07 Å². The zero-order valence-corrected chi connectivity index (χ0v) is 12.8. The highest BCUT2D eigenvalue weighted by atomic mass is 35.5. The molecule has 1 saturated carbocycles. The minimum Gasteiger partial charge on any atom is -0.383 e. The number of halogens is 1. The number of nitriles is 1. The van der Waals surface area contributed by atoms with Crippen LogP contribution in [-0.2, 0) is 0 Å². The standard InChI is InChI=1S/C15H19ClN2S/c1-19-15(7-3-2-4-8-15)11-18-14-9-13(16)6-5-12(14)10-17/h5-6,9,18H,2-4,7-8,11H2,1H3. The molecule has 0 heterocycles. The van der Waals surface area contributed by atoms with Gasteiger partial charge in [0.05, 0.1) is 11.3 Å². The minimum atomic E-state index is 0.313. The van der Waals surface area contributed by atoms with Gasteiger partial charge in [0.25, 0.3) is 0 Å². The van der Waals surface area contributed by atoms with Gasteiger partial charge in [0.15, 0.2) is 0 Å². The number of anilines is 1. The Morgan fingerprint density at radius 2 is 2.11 bits per heavy atom. The summed E-state index contributed by atoms with van der Waals surface area (Å²) in [6, 6.07) is 7.59. The van der Waals surface area contributed by atoms with Gasteiger partial charge in [-0.25, -0.2) is 0 Å². The van der Waals surface area contributed by atoms with E-state index in [9.17, 15) is 0 Å². The average molecular weight is 295 g/mol. The number of hydrogen-bond donors (Lipinski definition) is 1. The van der Waals surface area contributed by atoms with Gasteiger partial charge in [0.2, 0.25) is 0 Å². The fraction of sp³-hybridized carbons (Fsp3) is 0.533. The van der Waals surface area contributed by atoms with Crippen molar-refractivity contribution in [1.82, 2.24) is 0 Å². The Labute approximate surface area is 124 Å². The Hall–Kier alpha value is -0.850. The van der Waals surface area contributed by atoms with Crippen LogP contribution in [0.3, 0.4) is 0 Å². The fourth-order valence-corrected chi connectivity index (χ4v) is 3.75. The largest absolute Gasteiger partial charge is 0.383 e. The molecule has 1 N–H and O–H groups in total. The van der Waals surface area contributed by atoms with E-state index in [1.54, 1.807) is 12.1 Å². The Balaban J connectivity index is 2.09. The first-order valence-electron chi connectivity index (χ1n) is 6.68. The van der Waals surface area contributed by atoms with Gasteiger partial charge in [-0.05, 0) is 37.3 Å². The Morgan fingerprint density at radius 3 is 2.74 bits per heavy atom. The lowest BCUT2D eigenvalue weighted by Gasteiger charge is -2.36. The van der Waals surface area contributed by atoms with E-state index < -0.39 is 0 Å². The molecule has 1 aliphatic rings. The van der Waals surface area contributed by atoms with Crippen molar-refractivity contribution in [3.63, 3.8) is 0 Å². The molecule has 1 fully saturated rings. The van der Waals surface area contributed by atoms with E-state index in [-0.39, 0.29) is 0 Å². The van der Waals surface area contributed by atoms with Crippen LogP contribution in [0.1, 0.15) is 37.7 Å². The monoisotopic (exact) mass is 294 g/mol. The lowest BCUT2D eigenvalue weighted by atomic mass is 9.88. The van der Waals surface area contributed by atoms with E-state index in [1.807, 2.05) is 17.8 Å². The van der Waals surface area contributed by atoms with E-state index in [0.29, 0.717) is 15.3 Å². The number of nitrogens with one attached hydrogen (secondary N) is 1. The molecule has 102 valence electrons. The van der Waals surface area contributed by atoms with Gasteiger partial charge in [-0.1, -0.05) is 30.9 Å². The van der Waals surface area contributed by atoms with Gasteiger partial charge in [-0.2, -0.15) is 17.0 Å². The van der Waals surface area contributed by atoms with Gasteiger partial charge in [0, 0.05) is 16.3 Å². The third-order valence-electron chi connectivity index (χ3n) is 3.90. The summed E-state index contributed by atoms with van der Waals surface area (Å²) >= 11 is 7.96. The van der Waals surface area contributed by atoms with Crippen LogP contribution in [0.2, 0.25) is 5.02 Å². The maximum Gasteiger partial charge on any atom is 0.101 e. The van der Waals surface area contributed by atoms with Gasteiger partial charge in [-0.15, -0.1) is 0 Å². The van der Waals surface area contributed by atoms with Crippen LogP contribution in [0.15, 0.2) is 18.2 Å². The van der Waals surface area contributed by atoms with Crippen molar-refractivity contribution >= 4 is 29.1 Å². The molecule has 2 rings (SSSR count). The molecule has 0 saturated heterocycles. The van der Waals surface area contributed by atoms with Crippen LogP contribution in [0.4, 0.5) is 5.69 Å². The van der Waals surface area contributed by atoms with Crippen molar-refractivity contribution < 1.29 is 0 Å². The van der Waals surface area contributed by atoms with Crippen molar-refractivity contribution in [2.75, 3.05) is 18.1 Å². The SMILES string of the molecule is CSC1(CNc2cc(Cl)ccc2C#N)CCCCC1. The van der Waals surface area contributed by atoms with Crippen molar-refractivity contribution in [1.29, 1.82) is 5.26 Å². The third kappa shape index (κ3) is 3.58. The molecule has 0 bridgehead atoms. The Morgan fingerprint density at radius 1 is 1.37 bits per heavy atom. The smallest absolute Gasteiger partial charge is 0.101 e. The molecule has 1 aromatic rings. The number of thioether (sulfide) groups is 1. The summed E-state index contributed by atoms with van der Waals surface area (Å²) < 4.78 is 0.313. The molecule has 1 aliphatic carbocycles. The fourth-order valence-electron chi connectivity index (χ4n) is 2.67. The molecule has 4 heteroatoms. The predicted molar refractivity (Wildman–Crippen MR) is 84.0 cm³/mol. The zero-order valence-electron chi connectivity index (χ0n) is 11.2. The molecule has 1 aromatic carbocycles. The summed E-state index contributed by atoms with van der Waals surface area (Å²) in [6.45, 7) is 0.906. The highest BCUT2D eigenvalue weighted by Crippen LogP contribution is 2.38. The Kier molecular flexibility index (Phi) is 5.01. The molecule has 0 amide bonds.